The lowest BCUT2D eigenvalue weighted by atomic mass is 10.1. The Morgan fingerprint density at radius 1 is 1.30 bits per heavy atom. The minimum absolute atomic E-state index is 0.00279. The number of hydrogen-bond acceptors (Lipinski definition) is 4. The summed E-state index contributed by atoms with van der Waals surface area (Å²) in [5, 5.41) is 5.67. The summed E-state index contributed by atoms with van der Waals surface area (Å²) < 4.78 is 13.9. The molecule has 8 heteroatoms. The molecule has 27 heavy (non-hydrogen) atoms. The Hall–Kier alpha value is -2.77. The lowest BCUT2D eigenvalue weighted by Gasteiger charge is -2.10. The quantitative estimate of drug-likeness (QED) is 0.669. The van der Waals surface area contributed by atoms with Crippen molar-refractivity contribution in [2.45, 2.75) is 13.3 Å². The zero-order valence-electron chi connectivity index (χ0n) is 14.3. The Labute approximate surface area is 164 Å². The van der Waals surface area contributed by atoms with Gasteiger partial charge < -0.3 is 11.1 Å². The molecular weight excluding hydrogens is 389 g/mol. The maximum absolute atomic E-state index is 13.9. The molecule has 0 unspecified atom stereocenters. The number of hydrogen-bond donors (Lipinski definition) is 2. The van der Waals surface area contributed by atoms with Gasteiger partial charge in [-0.25, -0.2) is 9.37 Å². The Bertz CT molecular complexity index is 1040. The van der Waals surface area contributed by atoms with Crippen LogP contribution in [0.25, 0.3) is 10.6 Å². The molecule has 0 saturated carbocycles. The van der Waals surface area contributed by atoms with Crippen LogP contribution in [0.5, 0.6) is 0 Å². The molecule has 0 radical (unpaired) electrons. The molecule has 1 aromatic heterocycles. The number of aromatic nitrogens is 1. The van der Waals surface area contributed by atoms with Gasteiger partial charge in [0.2, 0.25) is 11.8 Å². The number of carbonyl (C=O) groups is 2. The van der Waals surface area contributed by atoms with Gasteiger partial charge in [0, 0.05) is 27.8 Å². The number of halogens is 2. The van der Waals surface area contributed by atoms with Gasteiger partial charge in [0.05, 0.1) is 17.1 Å². The smallest absolute Gasteiger partial charge is 0.248 e. The molecule has 0 bridgehead atoms. The Morgan fingerprint density at radius 3 is 2.74 bits per heavy atom. The second-order valence-corrected chi connectivity index (χ2v) is 7.11. The first-order valence-electron chi connectivity index (χ1n) is 7.94. The molecule has 0 aliphatic rings. The maximum atomic E-state index is 13.9. The number of anilines is 1. The van der Waals surface area contributed by atoms with Gasteiger partial charge in [-0.05, 0) is 25.1 Å². The van der Waals surface area contributed by atoms with Crippen LogP contribution in [0.1, 0.15) is 21.6 Å². The van der Waals surface area contributed by atoms with Crippen LogP contribution in [0.3, 0.4) is 0 Å². The zero-order chi connectivity index (χ0) is 19.6. The average molecular weight is 404 g/mol. The number of rotatable bonds is 5. The van der Waals surface area contributed by atoms with Gasteiger partial charge in [0.1, 0.15) is 10.8 Å². The highest BCUT2D eigenvalue weighted by molar-refractivity contribution is 7.13. The highest BCUT2D eigenvalue weighted by atomic mass is 35.5. The Morgan fingerprint density at radius 2 is 2.04 bits per heavy atom. The van der Waals surface area contributed by atoms with E-state index in [4.69, 9.17) is 17.3 Å². The summed E-state index contributed by atoms with van der Waals surface area (Å²) in [5.41, 5.74) is 6.97. The molecule has 1 heterocycles. The predicted molar refractivity (Wildman–Crippen MR) is 105 cm³/mol. The molecular formula is C19H15ClFN3O2S. The van der Waals surface area contributed by atoms with Crippen molar-refractivity contribution in [3.8, 4) is 10.6 Å². The molecule has 5 nitrogen and oxygen atoms in total. The third-order valence-corrected chi connectivity index (χ3v) is 5.15. The van der Waals surface area contributed by atoms with E-state index in [1.807, 2.05) is 18.2 Å². The van der Waals surface area contributed by atoms with E-state index in [0.717, 1.165) is 11.6 Å². The molecule has 3 aromatic rings. The predicted octanol–water partition coefficient (Wildman–Crippen LogP) is 4.19. The number of nitrogens with two attached hydrogens (primary N) is 1. The number of primary amides is 1. The van der Waals surface area contributed by atoms with E-state index in [0.29, 0.717) is 15.7 Å². The van der Waals surface area contributed by atoms with Crippen molar-refractivity contribution in [1.82, 2.24) is 4.98 Å². The van der Waals surface area contributed by atoms with Crippen molar-refractivity contribution in [2.75, 3.05) is 5.32 Å². The summed E-state index contributed by atoms with van der Waals surface area (Å²) in [5.74, 6) is -1.76. The molecule has 138 valence electrons. The molecule has 2 aromatic carbocycles. The summed E-state index contributed by atoms with van der Waals surface area (Å²) in [6.07, 6.45) is 0.00279. The fourth-order valence-corrected chi connectivity index (χ4v) is 3.60. The van der Waals surface area contributed by atoms with Crippen LogP contribution >= 0.6 is 22.9 Å². The van der Waals surface area contributed by atoms with Crippen molar-refractivity contribution in [2.24, 2.45) is 5.73 Å². The molecule has 0 atom stereocenters. The molecule has 0 fully saturated rings. The number of amides is 2. The minimum Gasteiger partial charge on any atom is -0.366 e. The van der Waals surface area contributed by atoms with Gasteiger partial charge >= 0.3 is 0 Å². The molecule has 0 aliphatic heterocycles. The number of thiazole rings is 1. The second-order valence-electron chi connectivity index (χ2n) is 5.84. The van der Waals surface area contributed by atoms with E-state index in [2.05, 4.69) is 10.3 Å². The lowest BCUT2D eigenvalue weighted by molar-refractivity contribution is -0.115. The molecule has 3 N–H and O–H groups in total. The normalized spacial score (nSPS) is 10.6. The van der Waals surface area contributed by atoms with Crippen molar-refractivity contribution in [3.63, 3.8) is 0 Å². The molecule has 2 amide bonds. The topological polar surface area (TPSA) is 85.1 Å². The monoisotopic (exact) mass is 403 g/mol. The number of benzene rings is 2. The van der Waals surface area contributed by atoms with Crippen molar-refractivity contribution >= 4 is 40.4 Å². The average Bonchev–Trinajstić information content (AvgIpc) is 3.07. The van der Waals surface area contributed by atoms with Crippen molar-refractivity contribution in [3.05, 3.63) is 69.4 Å². The molecule has 3 rings (SSSR count). The number of nitrogens with one attached hydrogen (secondary N) is 1. The van der Waals surface area contributed by atoms with Gasteiger partial charge in [0.15, 0.2) is 0 Å². The Balaban J connectivity index is 1.76. The van der Waals surface area contributed by atoms with E-state index in [1.54, 1.807) is 11.4 Å². The van der Waals surface area contributed by atoms with E-state index in [1.165, 1.54) is 24.3 Å². The fourth-order valence-electron chi connectivity index (χ4n) is 2.46. The van der Waals surface area contributed by atoms with Crippen LogP contribution in [-0.2, 0) is 11.2 Å². The van der Waals surface area contributed by atoms with Crippen molar-refractivity contribution < 1.29 is 14.0 Å². The third-order valence-electron chi connectivity index (χ3n) is 3.90. The van der Waals surface area contributed by atoms with E-state index in [9.17, 15) is 14.0 Å². The van der Waals surface area contributed by atoms with Gasteiger partial charge in [0.25, 0.3) is 0 Å². The van der Waals surface area contributed by atoms with E-state index in [-0.39, 0.29) is 29.1 Å². The highest BCUT2D eigenvalue weighted by Gasteiger charge is 2.15. The van der Waals surface area contributed by atoms with Crippen LogP contribution < -0.4 is 11.1 Å². The molecule has 0 spiro atoms. The van der Waals surface area contributed by atoms with Gasteiger partial charge in [-0.2, -0.15) is 0 Å². The SMILES string of the molecule is Cc1c(F)cc(C(N)=O)cc1NC(=O)Cc1csc(-c2ccccc2Cl)n1. The second kappa shape index (κ2) is 7.85. The third kappa shape index (κ3) is 4.32. The number of carbonyl (C=O) groups excluding carboxylic acids is 2. The van der Waals surface area contributed by atoms with Gasteiger partial charge in [-0.15, -0.1) is 11.3 Å². The zero-order valence-corrected chi connectivity index (χ0v) is 15.8. The summed E-state index contributed by atoms with van der Waals surface area (Å²) in [7, 11) is 0. The van der Waals surface area contributed by atoms with Crippen LogP contribution in [-0.4, -0.2) is 16.8 Å². The first-order chi connectivity index (χ1) is 12.8. The summed E-state index contributed by atoms with van der Waals surface area (Å²) in [6.45, 7) is 1.51. The van der Waals surface area contributed by atoms with Crippen LogP contribution in [0, 0.1) is 12.7 Å². The van der Waals surface area contributed by atoms with Crippen LogP contribution in [0.15, 0.2) is 41.8 Å². The summed E-state index contributed by atoms with van der Waals surface area (Å²) in [4.78, 5) is 28.0. The first kappa shape index (κ1) is 19.0. The standard InChI is InChI=1S/C19H15ClFN3O2S/c1-10-15(21)6-11(18(22)26)7-16(10)24-17(25)8-12-9-27-19(23-12)13-4-2-3-5-14(13)20/h2-7,9H,8H2,1H3,(H2,22,26)(H,24,25). The van der Waals surface area contributed by atoms with Crippen LogP contribution in [0.4, 0.5) is 10.1 Å². The van der Waals surface area contributed by atoms with Gasteiger partial charge in [-0.3, -0.25) is 9.59 Å². The van der Waals surface area contributed by atoms with Crippen molar-refractivity contribution in [1.29, 1.82) is 0 Å². The summed E-state index contributed by atoms with van der Waals surface area (Å²) >= 11 is 7.55. The largest absolute Gasteiger partial charge is 0.366 e. The fraction of sp³-hybridized carbons (Fsp3) is 0.105. The maximum Gasteiger partial charge on any atom is 0.248 e. The minimum atomic E-state index is -0.770. The van der Waals surface area contributed by atoms with E-state index >= 15 is 0 Å². The van der Waals surface area contributed by atoms with E-state index < -0.39 is 11.7 Å². The first-order valence-corrected chi connectivity index (χ1v) is 9.20. The molecule has 0 saturated heterocycles. The van der Waals surface area contributed by atoms with Crippen LogP contribution in [0.2, 0.25) is 5.02 Å². The highest BCUT2D eigenvalue weighted by Crippen LogP contribution is 2.30. The Kier molecular flexibility index (Phi) is 5.53. The molecule has 0 aliphatic carbocycles. The summed E-state index contributed by atoms with van der Waals surface area (Å²) in [6, 6.07) is 9.71. The van der Waals surface area contributed by atoms with Gasteiger partial charge in [-0.1, -0.05) is 29.8 Å². The number of nitrogens with zero attached hydrogens (tertiary/aromatic N) is 1. The lowest BCUT2D eigenvalue weighted by Crippen LogP contribution is -2.18.